The lowest BCUT2D eigenvalue weighted by Gasteiger charge is -2.43. The molecular formula is C23H19F3N4O3S. The third kappa shape index (κ3) is 3.94. The van der Waals surface area contributed by atoms with Gasteiger partial charge in [0.05, 0.1) is 28.0 Å². The fourth-order valence-corrected chi connectivity index (χ4v) is 5.42. The van der Waals surface area contributed by atoms with Gasteiger partial charge >= 0.3 is 11.2 Å². The second kappa shape index (κ2) is 7.99. The Bertz CT molecular complexity index is 1300. The molecule has 0 saturated carbocycles. The number of nitrogens with zero attached hydrogens (tertiary/aromatic N) is 3. The number of carbonyl (C=O) groups excluding carboxylic acids is 1. The predicted molar refractivity (Wildman–Crippen MR) is 120 cm³/mol. The maximum absolute atomic E-state index is 13.4. The van der Waals surface area contributed by atoms with Crippen molar-refractivity contribution in [2.75, 3.05) is 4.90 Å². The maximum Gasteiger partial charge on any atom is 0.416 e. The van der Waals surface area contributed by atoms with Gasteiger partial charge in [0, 0.05) is 34.3 Å². The van der Waals surface area contributed by atoms with E-state index in [1.807, 2.05) is 19.9 Å². The van der Waals surface area contributed by atoms with Crippen LogP contribution in [-0.2, 0) is 11.0 Å². The monoisotopic (exact) mass is 488 g/mol. The number of alkyl halides is 3. The van der Waals surface area contributed by atoms with Crippen LogP contribution in [0.3, 0.4) is 0 Å². The fraction of sp³-hybridized carbons (Fsp3) is 0.304. The largest absolute Gasteiger partial charge is 0.416 e. The lowest BCUT2D eigenvalue weighted by atomic mass is 9.69. The number of hydrogen-bond donors (Lipinski definition) is 1. The van der Waals surface area contributed by atoms with Crippen molar-refractivity contribution >= 4 is 27.8 Å². The average Bonchev–Trinajstić information content (AvgIpc) is 3.22. The Morgan fingerprint density at radius 3 is 2.38 bits per heavy atom. The Hall–Kier alpha value is -3.65. The number of nitriles is 1. The Morgan fingerprint density at radius 2 is 1.85 bits per heavy atom. The van der Waals surface area contributed by atoms with Crippen LogP contribution in [0, 0.1) is 26.9 Å². The molecule has 1 atom stereocenters. The van der Waals surface area contributed by atoms with Crippen LogP contribution < -0.4 is 10.6 Å². The zero-order chi connectivity index (χ0) is 25.0. The van der Waals surface area contributed by atoms with Gasteiger partial charge in [-0.25, -0.2) is 0 Å². The molecule has 2 N–H and O–H groups in total. The van der Waals surface area contributed by atoms with Crippen molar-refractivity contribution in [1.82, 2.24) is 0 Å². The minimum Gasteiger partial charge on any atom is -0.384 e. The molecule has 1 aromatic heterocycles. The van der Waals surface area contributed by atoms with Gasteiger partial charge in [-0.15, -0.1) is 0 Å². The number of thiophene rings is 1. The summed E-state index contributed by atoms with van der Waals surface area (Å²) in [6.07, 6.45) is -3.96. The van der Waals surface area contributed by atoms with E-state index in [1.54, 1.807) is 0 Å². The number of halogens is 3. The van der Waals surface area contributed by atoms with Crippen molar-refractivity contribution in [2.24, 2.45) is 11.1 Å². The number of carbonyl (C=O) groups is 1. The Morgan fingerprint density at radius 1 is 1.21 bits per heavy atom. The van der Waals surface area contributed by atoms with Gasteiger partial charge in [0.25, 0.3) is 0 Å². The van der Waals surface area contributed by atoms with Crippen LogP contribution in [0.2, 0.25) is 0 Å². The minimum absolute atomic E-state index is 0.0171. The molecule has 1 aliphatic heterocycles. The van der Waals surface area contributed by atoms with Gasteiger partial charge < -0.3 is 5.73 Å². The van der Waals surface area contributed by atoms with Gasteiger partial charge in [0.1, 0.15) is 5.82 Å². The Balaban J connectivity index is 1.94. The first-order valence-corrected chi connectivity index (χ1v) is 11.0. The smallest absolute Gasteiger partial charge is 0.384 e. The van der Waals surface area contributed by atoms with Crippen molar-refractivity contribution in [3.05, 3.63) is 79.6 Å². The summed E-state index contributed by atoms with van der Waals surface area (Å²) in [5.41, 5.74) is 6.19. The highest BCUT2D eigenvalue weighted by Crippen LogP contribution is 2.51. The molecular weight excluding hydrogens is 469 g/mol. The summed E-state index contributed by atoms with van der Waals surface area (Å²) in [4.78, 5) is 25.9. The number of nitrogens with two attached hydrogens (primary N) is 1. The molecule has 0 spiro atoms. The molecule has 4 rings (SSSR count). The van der Waals surface area contributed by atoms with Crippen LogP contribution in [0.25, 0.3) is 0 Å². The van der Waals surface area contributed by atoms with E-state index in [0.29, 0.717) is 22.6 Å². The minimum atomic E-state index is -4.52. The molecule has 2 aliphatic rings. The molecule has 1 unspecified atom stereocenters. The second-order valence-corrected chi connectivity index (χ2v) is 10.1. The van der Waals surface area contributed by atoms with Gasteiger partial charge in [-0.05, 0) is 42.2 Å². The summed E-state index contributed by atoms with van der Waals surface area (Å²) in [7, 11) is 0. The lowest BCUT2D eigenvalue weighted by molar-refractivity contribution is -0.380. The second-order valence-electron chi connectivity index (χ2n) is 8.96. The first-order chi connectivity index (χ1) is 15.8. The summed E-state index contributed by atoms with van der Waals surface area (Å²) < 4.78 is 39.2. The predicted octanol–water partition coefficient (Wildman–Crippen LogP) is 5.62. The van der Waals surface area contributed by atoms with Crippen molar-refractivity contribution < 1.29 is 22.9 Å². The van der Waals surface area contributed by atoms with Gasteiger partial charge in [-0.3, -0.25) is 19.8 Å². The Labute approximate surface area is 196 Å². The Kier molecular flexibility index (Phi) is 5.52. The summed E-state index contributed by atoms with van der Waals surface area (Å²) in [6, 6.07) is 9.18. The zero-order valence-corrected chi connectivity index (χ0v) is 19.0. The number of anilines is 1. The SMILES string of the molecule is CC1(C)CC(=O)C2=C(C1)N(c1ccc(C(F)(F)F)cc1)C(N)=C(C#N)C2c1ccc([N+](=O)[O-])s1. The molecule has 1 aromatic carbocycles. The molecule has 11 heteroatoms. The van der Waals surface area contributed by atoms with Crippen molar-refractivity contribution in [1.29, 1.82) is 5.26 Å². The van der Waals surface area contributed by atoms with Crippen molar-refractivity contribution in [3.8, 4) is 6.07 Å². The number of ketones is 1. The first kappa shape index (κ1) is 23.5. The average molecular weight is 488 g/mol. The number of benzene rings is 1. The third-order valence-corrected chi connectivity index (χ3v) is 7.01. The van der Waals surface area contributed by atoms with Crippen LogP contribution in [0.15, 0.2) is 59.1 Å². The summed E-state index contributed by atoms with van der Waals surface area (Å²) >= 11 is 0.858. The van der Waals surface area contributed by atoms with Gasteiger partial charge in [-0.1, -0.05) is 25.2 Å². The molecule has 2 aromatic rings. The number of allylic oxidation sites excluding steroid dienone is 3. The van der Waals surface area contributed by atoms with Gasteiger partial charge in [0.2, 0.25) is 0 Å². The molecule has 176 valence electrons. The molecule has 0 bridgehead atoms. The molecule has 0 saturated heterocycles. The highest BCUT2D eigenvalue weighted by atomic mass is 32.1. The van der Waals surface area contributed by atoms with E-state index in [-0.39, 0.29) is 34.3 Å². The molecule has 0 amide bonds. The van der Waals surface area contributed by atoms with E-state index in [1.165, 1.54) is 29.2 Å². The highest BCUT2D eigenvalue weighted by molar-refractivity contribution is 7.15. The highest BCUT2D eigenvalue weighted by Gasteiger charge is 2.45. The zero-order valence-electron chi connectivity index (χ0n) is 18.1. The number of hydrogen-bond acceptors (Lipinski definition) is 7. The van der Waals surface area contributed by atoms with Crippen molar-refractivity contribution in [2.45, 2.75) is 38.8 Å². The third-order valence-electron chi connectivity index (χ3n) is 5.91. The summed E-state index contributed by atoms with van der Waals surface area (Å²) in [5.74, 6) is -1.13. The molecule has 1 aliphatic carbocycles. The van der Waals surface area contributed by atoms with Crippen LogP contribution in [0.1, 0.15) is 43.0 Å². The fourth-order valence-electron chi connectivity index (χ4n) is 4.48. The van der Waals surface area contributed by atoms with Crippen LogP contribution in [0.4, 0.5) is 23.9 Å². The molecule has 34 heavy (non-hydrogen) atoms. The molecule has 0 radical (unpaired) electrons. The quantitative estimate of drug-likeness (QED) is 0.443. The standard InChI is InChI=1S/C23H19F3N4O3S/c1-22(2)9-15-20(16(31)10-22)19(17-7-8-18(34-17)30(32)33)14(11-27)21(28)29(15)13-5-3-12(4-6-13)23(24,25)26/h3-8,19H,9-10,28H2,1-2H3. The number of Topliss-reactive ketones (excluding diaryl/α,β-unsaturated/α-hetero) is 1. The van der Waals surface area contributed by atoms with Gasteiger partial charge in [0.15, 0.2) is 5.78 Å². The van der Waals surface area contributed by atoms with Gasteiger partial charge in [-0.2, -0.15) is 18.4 Å². The molecule has 0 fully saturated rings. The van der Waals surface area contributed by atoms with Crippen molar-refractivity contribution in [3.63, 3.8) is 0 Å². The van der Waals surface area contributed by atoms with Crippen LogP contribution >= 0.6 is 11.3 Å². The first-order valence-electron chi connectivity index (χ1n) is 10.2. The topological polar surface area (TPSA) is 113 Å². The normalized spacial score (nSPS) is 20.3. The van der Waals surface area contributed by atoms with E-state index in [0.717, 1.165) is 23.5 Å². The lowest BCUT2D eigenvalue weighted by Crippen LogP contribution is -2.42. The van der Waals surface area contributed by atoms with E-state index < -0.39 is 28.0 Å². The summed E-state index contributed by atoms with van der Waals surface area (Å²) in [5, 5.41) is 21.1. The van der Waals surface area contributed by atoms with Crippen LogP contribution in [-0.4, -0.2) is 10.7 Å². The van der Waals surface area contributed by atoms with E-state index >= 15 is 0 Å². The maximum atomic E-state index is 13.4. The number of rotatable bonds is 3. The summed E-state index contributed by atoms with van der Waals surface area (Å²) in [6.45, 7) is 3.79. The number of nitro groups is 1. The van der Waals surface area contributed by atoms with E-state index in [9.17, 15) is 33.3 Å². The van der Waals surface area contributed by atoms with E-state index in [4.69, 9.17) is 5.73 Å². The molecule has 7 nitrogen and oxygen atoms in total. The van der Waals surface area contributed by atoms with Crippen LogP contribution in [0.5, 0.6) is 0 Å². The van der Waals surface area contributed by atoms with E-state index in [2.05, 4.69) is 0 Å². The molecule has 2 heterocycles.